The van der Waals surface area contributed by atoms with Crippen molar-refractivity contribution in [3.05, 3.63) is 0 Å². The second-order valence-corrected chi connectivity index (χ2v) is 14.5. The fourth-order valence-electron chi connectivity index (χ4n) is 11.1. The summed E-state index contributed by atoms with van der Waals surface area (Å²) in [6, 6.07) is 0. The van der Waals surface area contributed by atoms with Crippen molar-refractivity contribution in [1.29, 1.82) is 0 Å². The molecular formula is C31H48O7. The topological polar surface area (TPSA) is 91.3 Å². The Bertz CT molecular complexity index is 968. The van der Waals surface area contributed by atoms with Crippen molar-refractivity contribution in [2.24, 2.45) is 52.3 Å². The van der Waals surface area contributed by atoms with Crippen molar-refractivity contribution in [3.63, 3.8) is 0 Å². The fraction of sp³-hybridized carbons (Fsp3) is 0.935. The molecule has 2 saturated heterocycles. The molecule has 6 aliphatic rings. The summed E-state index contributed by atoms with van der Waals surface area (Å²) in [4.78, 5) is 24.1. The molecular weight excluding hydrogens is 484 g/mol. The first-order valence-electron chi connectivity index (χ1n) is 15.2. The number of ether oxygens (including phenoxy) is 4. The first-order valence-corrected chi connectivity index (χ1v) is 15.2. The van der Waals surface area contributed by atoms with Crippen LogP contribution < -0.4 is 0 Å². The molecule has 0 unspecified atom stereocenters. The van der Waals surface area contributed by atoms with Crippen LogP contribution in [0.25, 0.3) is 0 Å². The van der Waals surface area contributed by atoms with Crippen LogP contribution in [-0.2, 0) is 28.5 Å². The Morgan fingerprint density at radius 1 is 0.947 bits per heavy atom. The van der Waals surface area contributed by atoms with Gasteiger partial charge in [0.15, 0.2) is 5.79 Å². The minimum absolute atomic E-state index is 0.0125. The molecule has 7 nitrogen and oxygen atoms in total. The van der Waals surface area contributed by atoms with E-state index < -0.39 is 5.79 Å². The van der Waals surface area contributed by atoms with E-state index in [4.69, 9.17) is 18.9 Å². The molecule has 0 aromatic rings. The van der Waals surface area contributed by atoms with Crippen molar-refractivity contribution >= 4 is 11.9 Å². The SMILES string of the molecule is CC(=O)O[C@H]1CC[C@@]2(C)[C@@H](CC[C@@H]3[C@@H]2C[C@@H](OC(C)=O)[C@]2(C)[C@H]4[C@@H](C)[C@@H]([C@@H]5C[C@@H](C)CO5)O[C@@]4(O)C[C@@H]32)C1. The molecule has 0 aromatic heterocycles. The van der Waals surface area contributed by atoms with Crippen molar-refractivity contribution in [2.45, 2.75) is 123 Å². The van der Waals surface area contributed by atoms with E-state index in [0.717, 1.165) is 51.6 Å². The van der Waals surface area contributed by atoms with Gasteiger partial charge < -0.3 is 24.1 Å². The lowest BCUT2D eigenvalue weighted by Crippen LogP contribution is -2.60. The molecule has 6 fully saturated rings. The highest BCUT2D eigenvalue weighted by Crippen LogP contribution is 2.72. The molecule has 4 aliphatic carbocycles. The lowest BCUT2D eigenvalue weighted by molar-refractivity contribution is -0.223. The van der Waals surface area contributed by atoms with Gasteiger partial charge in [-0.25, -0.2) is 0 Å². The number of aliphatic hydroxyl groups is 1. The maximum Gasteiger partial charge on any atom is 0.302 e. The molecule has 0 spiro atoms. The van der Waals surface area contributed by atoms with Gasteiger partial charge in [0.1, 0.15) is 12.2 Å². The minimum atomic E-state index is -1.21. The fourth-order valence-corrected chi connectivity index (χ4v) is 11.1. The lowest BCUT2D eigenvalue weighted by atomic mass is 9.43. The standard InChI is InChI=1S/C31H48O7/c1-16-11-25(35-15-16)27-17(2)28-30(6)24(14-31(28,34)38-27)22-8-7-20-12-21(36-18(3)32)9-10-29(20,5)23(22)13-26(30)37-19(4)33/h16-17,20-28,34H,7-15H2,1-6H3/t16-,17+,20+,21+,22-,23+,24+,25+,26-,27+,28-,29+,30-,31+/m1/s1. The number of fused-ring (bicyclic) bond motifs is 7. The Hall–Kier alpha value is -1.18. The van der Waals surface area contributed by atoms with E-state index in [9.17, 15) is 14.7 Å². The third kappa shape index (κ3) is 3.92. The van der Waals surface area contributed by atoms with E-state index in [1.165, 1.54) is 13.8 Å². The van der Waals surface area contributed by atoms with E-state index in [1.54, 1.807) is 0 Å². The monoisotopic (exact) mass is 532 g/mol. The Morgan fingerprint density at radius 2 is 1.68 bits per heavy atom. The van der Waals surface area contributed by atoms with Crippen LogP contribution in [-0.4, -0.2) is 53.9 Å². The van der Waals surface area contributed by atoms with Crippen LogP contribution in [0.1, 0.15) is 92.9 Å². The smallest absolute Gasteiger partial charge is 0.302 e. The van der Waals surface area contributed by atoms with Gasteiger partial charge in [-0.05, 0) is 85.9 Å². The van der Waals surface area contributed by atoms with Crippen LogP contribution in [0.2, 0.25) is 0 Å². The molecule has 14 atom stereocenters. The summed E-state index contributed by atoms with van der Waals surface area (Å²) in [5.74, 6) is 0.486. The predicted octanol–water partition coefficient (Wildman–Crippen LogP) is 4.88. The van der Waals surface area contributed by atoms with E-state index in [2.05, 4.69) is 27.7 Å². The molecule has 0 radical (unpaired) electrons. The highest BCUT2D eigenvalue weighted by atomic mass is 16.7. The first-order chi connectivity index (χ1) is 17.9. The molecule has 38 heavy (non-hydrogen) atoms. The van der Waals surface area contributed by atoms with Crippen LogP contribution >= 0.6 is 0 Å². The van der Waals surface area contributed by atoms with Gasteiger partial charge in [-0.1, -0.05) is 27.7 Å². The largest absolute Gasteiger partial charge is 0.463 e. The molecule has 7 heteroatoms. The van der Waals surface area contributed by atoms with Gasteiger partial charge in [0.25, 0.3) is 0 Å². The van der Waals surface area contributed by atoms with Crippen LogP contribution in [0, 0.1) is 52.3 Å². The number of rotatable bonds is 3. The van der Waals surface area contributed by atoms with Gasteiger partial charge in [-0.15, -0.1) is 0 Å². The van der Waals surface area contributed by atoms with Gasteiger partial charge in [0.2, 0.25) is 0 Å². The van der Waals surface area contributed by atoms with Crippen molar-refractivity contribution in [2.75, 3.05) is 6.61 Å². The van der Waals surface area contributed by atoms with Crippen molar-refractivity contribution < 1.29 is 33.6 Å². The molecule has 2 aliphatic heterocycles. The van der Waals surface area contributed by atoms with Gasteiger partial charge >= 0.3 is 11.9 Å². The summed E-state index contributed by atoms with van der Waals surface area (Å²) in [5, 5.41) is 12.2. The number of carbonyl (C=O) groups excluding carboxylic acids is 2. The zero-order valence-corrected chi connectivity index (χ0v) is 24.1. The summed E-state index contributed by atoms with van der Waals surface area (Å²) < 4.78 is 24.6. The number of hydrogen-bond acceptors (Lipinski definition) is 7. The van der Waals surface area contributed by atoms with E-state index in [1.807, 2.05) is 0 Å². The molecule has 2 heterocycles. The molecule has 1 N–H and O–H groups in total. The number of esters is 2. The molecule has 0 bridgehead atoms. The molecule has 0 amide bonds. The predicted molar refractivity (Wildman–Crippen MR) is 140 cm³/mol. The zero-order chi connectivity index (χ0) is 27.2. The van der Waals surface area contributed by atoms with Gasteiger partial charge in [0, 0.05) is 38.2 Å². The highest BCUT2D eigenvalue weighted by Gasteiger charge is 2.75. The van der Waals surface area contributed by atoms with E-state index in [-0.39, 0.29) is 64.9 Å². The zero-order valence-electron chi connectivity index (χ0n) is 24.1. The van der Waals surface area contributed by atoms with E-state index in [0.29, 0.717) is 30.1 Å². The van der Waals surface area contributed by atoms with E-state index >= 15 is 0 Å². The normalized spacial score (nSPS) is 55.4. The number of hydrogen-bond donors (Lipinski definition) is 1. The average molecular weight is 533 g/mol. The second-order valence-electron chi connectivity index (χ2n) is 14.5. The summed E-state index contributed by atoms with van der Waals surface area (Å²) in [6.07, 6.45) is 7.12. The first kappa shape index (κ1) is 27.0. The Kier molecular flexibility index (Phi) is 6.52. The summed E-state index contributed by atoms with van der Waals surface area (Å²) in [7, 11) is 0. The summed E-state index contributed by atoms with van der Waals surface area (Å²) >= 11 is 0. The van der Waals surface area contributed by atoms with Crippen LogP contribution in [0.5, 0.6) is 0 Å². The molecule has 0 aromatic carbocycles. The minimum Gasteiger partial charge on any atom is -0.463 e. The quantitative estimate of drug-likeness (QED) is 0.518. The second kappa shape index (κ2) is 9.17. The van der Waals surface area contributed by atoms with Crippen LogP contribution in [0.15, 0.2) is 0 Å². The third-order valence-electron chi connectivity index (χ3n) is 12.5. The average Bonchev–Trinajstić information content (AvgIpc) is 3.44. The van der Waals surface area contributed by atoms with Crippen molar-refractivity contribution in [3.8, 4) is 0 Å². The lowest BCUT2D eigenvalue weighted by Gasteiger charge is -2.62. The Labute approximate surface area is 227 Å². The maximum absolute atomic E-state index is 12.5. The van der Waals surface area contributed by atoms with Crippen LogP contribution in [0.3, 0.4) is 0 Å². The van der Waals surface area contributed by atoms with Gasteiger partial charge in [-0.3, -0.25) is 9.59 Å². The number of carbonyl (C=O) groups is 2. The molecule has 6 rings (SSSR count). The van der Waals surface area contributed by atoms with Gasteiger partial charge in [0.05, 0.1) is 12.2 Å². The summed E-state index contributed by atoms with van der Waals surface area (Å²) in [6.45, 7) is 12.9. The highest BCUT2D eigenvalue weighted by molar-refractivity contribution is 5.66. The maximum atomic E-state index is 12.5. The molecule has 4 saturated carbocycles. The third-order valence-corrected chi connectivity index (χ3v) is 12.5. The van der Waals surface area contributed by atoms with Crippen molar-refractivity contribution in [1.82, 2.24) is 0 Å². The molecule has 214 valence electrons. The van der Waals surface area contributed by atoms with Gasteiger partial charge in [-0.2, -0.15) is 0 Å². The summed E-state index contributed by atoms with van der Waals surface area (Å²) in [5.41, 5.74) is -0.236. The Balaban J connectivity index is 1.31. The Morgan fingerprint density at radius 3 is 2.34 bits per heavy atom. The van der Waals surface area contributed by atoms with Crippen LogP contribution in [0.4, 0.5) is 0 Å².